The molecule has 0 amide bonds. The Hall–Kier alpha value is -1.49. The lowest BCUT2D eigenvalue weighted by atomic mass is 10.3. The predicted molar refractivity (Wildman–Crippen MR) is 64.4 cm³/mol. The van der Waals surface area contributed by atoms with Gasteiger partial charge < -0.3 is 9.47 Å². The Balaban J connectivity index is 2.45. The molecule has 0 radical (unpaired) electrons. The number of rotatable bonds is 3. The van der Waals surface area contributed by atoms with Crippen molar-refractivity contribution in [1.82, 2.24) is 9.55 Å². The zero-order valence-corrected chi connectivity index (χ0v) is 10.6. The molecule has 0 N–H and O–H groups in total. The summed E-state index contributed by atoms with van der Waals surface area (Å²) in [4.78, 5) is 4.12. The number of aromatic nitrogens is 2. The molecule has 4 nitrogen and oxygen atoms in total. The van der Waals surface area contributed by atoms with Gasteiger partial charge in [0.05, 0.1) is 26.1 Å². The van der Waals surface area contributed by atoms with Gasteiger partial charge in [-0.1, -0.05) is 0 Å². The molecule has 2 aromatic rings. The molecular formula is C11H11BrN2O2. The average Bonchev–Trinajstić information content (AvgIpc) is 2.70. The fourth-order valence-corrected chi connectivity index (χ4v) is 1.88. The summed E-state index contributed by atoms with van der Waals surface area (Å²) < 4.78 is 13.0. The van der Waals surface area contributed by atoms with Gasteiger partial charge in [-0.25, -0.2) is 4.98 Å². The van der Waals surface area contributed by atoms with Crippen LogP contribution >= 0.6 is 15.9 Å². The van der Waals surface area contributed by atoms with Crippen molar-refractivity contribution in [2.24, 2.45) is 0 Å². The van der Waals surface area contributed by atoms with Crippen molar-refractivity contribution in [2.45, 2.75) is 0 Å². The molecule has 0 fully saturated rings. The van der Waals surface area contributed by atoms with Crippen molar-refractivity contribution < 1.29 is 9.47 Å². The molecule has 5 heteroatoms. The van der Waals surface area contributed by atoms with Crippen LogP contribution < -0.4 is 9.47 Å². The zero-order chi connectivity index (χ0) is 11.5. The van der Waals surface area contributed by atoms with Crippen LogP contribution in [0.5, 0.6) is 11.8 Å². The highest BCUT2D eigenvalue weighted by Gasteiger charge is 2.09. The smallest absolute Gasteiger partial charge is 0.301 e. The molecule has 2 rings (SSSR count). The Kier molecular flexibility index (Phi) is 3.14. The van der Waals surface area contributed by atoms with E-state index in [0.29, 0.717) is 6.01 Å². The van der Waals surface area contributed by atoms with Crippen LogP contribution in [0.1, 0.15) is 0 Å². The fraction of sp³-hybridized carbons (Fsp3) is 0.182. The lowest BCUT2D eigenvalue weighted by molar-refractivity contribution is 0.373. The molecule has 84 valence electrons. The third-order valence-corrected chi connectivity index (χ3v) is 2.76. The third-order valence-electron chi connectivity index (χ3n) is 2.20. The average molecular weight is 283 g/mol. The van der Waals surface area contributed by atoms with Crippen LogP contribution in [0.4, 0.5) is 0 Å². The molecule has 0 unspecified atom stereocenters. The summed E-state index contributed by atoms with van der Waals surface area (Å²) in [5.41, 5.74) is 0.960. The molecule has 0 atom stereocenters. The standard InChI is InChI=1S/C11H11BrN2O2/c1-15-9-5-3-8(4-6-9)14-10(12)7-13-11(14)16-2/h3-7H,1-2H3. The summed E-state index contributed by atoms with van der Waals surface area (Å²) in [6.45, 7) is 0. The van der Waals surface area contributed by atoms with Gasteiger partial charge in [0.15, 0.2) is 0 Å². The molecule has 1 heterocycles. The van der Waals surface area contributed by atoms with Crippen LogP contribution in [0.3, 0.4) is 0 Å². The number of nitrogens with zero attached hydrogens (tertiary/aromatic N) is 2. The summed E-state index contributed by atoms with van der Waals surface area (Å²) >= 11 is 3.42. The second-order valence-electron chi connectivity index (χ2n) is 3.10. The first kappa shape index (κ1) is 11.0. The number of methoxy groups -OCH3 is 2. The van der Waals surface area contributed by atoms with Crippen molar-refractivity contribution >= 4 is 15.9 Å². The van der Waals surface area contributed by atoms with E-state index >= 15 is 0 Å². The van der Waals surface area contributed by atoms with Crippen LogP contribution in [0, 0.1) is 0 Å². The summed E-state index contributed by atoms with van der Waals surface area (Å²) in [5.74, 6) is 0.818. The second-order valence-corrected chi connectivity index (χ2v) is 3.91. The molecule has 16 heavy (non-hydrogen) atoms. The van der Waals surface area contributed by atoms with E-state index in [4.69, 9.17) is 9.47 Å². The summed E-state index contributed by atoms with van der Waals surface area (Å²) in [7, 11) is 3.23. The summed E-state index contributed by atoms with van der Waals surface area (Å²) in [5, 5.41) is 0. The van der Waals surface area contributed by atoms with Crippen molar-refractivity contribution in [3.8, 4) is 17.4 Å². The van der Waals surface area contributed by atoms with E-state index < -0.39 is 0 Å². The van der Waals surface area contributed by atoms with Gasteiger partial charge in [0.25, 0.3) is 0 Å². The third kappa shape index (κ3) is 1.90. The van der Waals surface area contributed by atoms with Gasteiger partial charge in [-0.3, -0.25) is 4.57 Å². The number of halogens is 1. The first-order chi connectivity index (χ1) is 7.76. The van der Waals surface area contributed by atoms with Crippen LogP contribution in [0.2, 0.25) is 0 Å². The summed E-state index contributed by atoms with van der Waals surface area (Å²) in [6.07, 6.45) is 1.70. The highest BCUT2D eigenvalue weighted by molar-refractivity contribution is 9.10. The molecule has 0 saturated heterocycles. The van der Waals surface area contributed by atoms with Crippen LogP contribution in [0.15, 0.2) is 35.1 Å². The molecule has 1 aromatic heterocycles. The molecular weight excluding hydrogens is 272 g/mol. The second kappa shape index (κ2) is 4.57. The Morgan fingerprint density at radius 1 is 1.12 bits per heavy atom. The van der Waals surface area contributed by atoms with Gasteiger partial charge in [-0.2, -0.15) is 0 Å². The van der Waals surface area contributed by atoms with Gasteiger partial charge in [0, 0.05) is 0 Å². The minimum atomic E-state index is 0.539. The summed E-state index contributed by atoms with van der Waals surface area (Å²) in [6, 6.07) is 8.20. The minimum Gasteiger partial charge on any atom is -0.497 e. The highest BCUT2D eigenvalue weighted by atomic mass is 79.9. The molecule has 0 bridgehead atoms. The van der Waals surface area contributed by atoms with E-state index in [1.54, 1.807) is 20.4 Å². The molecule has 0 saturated carbocycles. The quantitative estimate of drug-likeness (QED) is 0.868. The van der Waals surface area contributed by atoms with Crippen LogP contribution in [-0.2, 0) is 0 Å². The first-order valence-electron chi connectivity index (χ1n) is 4.68. The lowest BCUT2D eigenvalue weighted by Crippen LogP contribution is -1.98. The Labute approximate surface area is 102 Å². The number of benzene rings is 1. The normalized spacial score (nSPS) is 10.2. The van der Waals surface area contributed by atoms with E-state index in [1.807, 2.05) is 28.8 Å². The topological polar surface area (TPSA) is 36.3 Å². The highest BCUT2D eigenvalue weighted by Crippen LogP contribution is 2.25. The molecule has 0 aliphatic rings. The molecule has 0 aliphatic heterocycles. The maximum absolute atomic E-state index is 5.17. The van der Waals surface area contributed by atoms with Crippen molar-refractivity contribution in [3.05, 3.63) is 35.1 Å². The molecule has 0 spiro atoms. The van der Waals surface area contributed by atoms with Crippen LogP contribution in [0.25, 0.3) is 5.69 Å². The van der Waals surface area contributed by atoms with E-state index in [1.165, 1.54) is 0 Å². The van der Waals surface area contributed by atoms with E-state index in [9.17, 15) is 0 Å². The van der Waals surface area contributed by atoms with Gasteiger partial charge in [0.2, 0.25) is 0 Å². The van der Waals surface area contributed by atoms with E-state index in [2.05, 4.69) is 20.9 Å². The molecule has 1 aromatic carbocycles. The predicted octanol–water partition coefficient (Wildman–Crippen LogP) is 2.65. The Bertz CT molecular complexity index is 479. The first-order valence-corrected chi connectivity index (χ1v) is 5.47. The van der Waals surface area contributed by atoms with Crippen molar-refractivity contribution in [2.75, 3.05) is 14.2 Å². The van der Waals surface area contributed by atoms with E-state index in [-0.39, 0.29) is 0 Å². The Morgan fingerprint density at radius 3 is 2.38 bits per heavy atom. The number of hydrogen-bond donors (Lipinski definition) is 0. The van der Waals surface area contributed by atoms with Crippen molar-refractivity contribution in [3.63, 3.8) is 0 Å². The minimum absolute atomic E-state index is 0.539. The number of ether oxygens (including phenoxy) is 2. The molecule has 0 aliphatic carbocycles. The monoisotopic (exact) mass is 282 g/mol. The fourth-order valence-electron chi connectivity index (χ4n) is 1.42. The van der Waals surface area contributed by atoms with Gasteiger partial charge >= 0.3 is 6.01 Å². The zero-order valence-electron chi connectivity index (χ0n) is 8.98. The van der Waals surface area contributed by atoms with E-state index in [0.717, 1.165) is 16.0 Å². The number of imidazole rings is 1. The van der Waals surface area contributed by atoms with Crippen molar-refractivity contribution in [1.29, 1.82) is 0 Å². The maximum atomic E-state index is 5.17. The van der Waals surface area contributed by atoms with Gasteiger partial charge in [-0.15, -0.1) is 0 Å². The maximum Gasteiger partial charge on any atom is 0.301 e. The largest absolute Gasteiger partial charge is 0.497 e. The number of hydrogen-bond acceptors (Lipinski definition) is 3. The van der Waals surface area contributed by atoms with Gasteiger partial charge in [-0.05, 0) is 40.2 Å². The Morgan fingerprint density at radius 2 is 1.81 bits per heavy atom. The van der Waals surface area contributed by atoms with Gasteiger partial charge in [0.1, 0.15) is 10.4 Å². The SMILES string of the molecule is COc1ccc(-n2c(Br)cnc2OC)cc1. The lowest BCUT2D eigenvalue weighted by Gasteiger charge is -2.08. The van der Waals surface area contributed by atoms with Crippen LogP contribution in [-0.4, -0.2) is 23.8 Å².